The minimum atomic E-state index is -1.02. The average molecular weight is 325 g/mol. The number of ether oxygens (including phenoxy) is 1. The Morgan fingerprint density at radius 1 is 1.08 bits per heavy atom. The Morgan fingerprint density at radius 2 is 1.71 bits per heavy atom. The Hall–Kier alpha value is -2.82. The highest BCUT2D eigenvalue weighted by molar-refractivity contribution is 6.02. The fourth-order valence-electron chi connectivity index (χ4n) is 2.86. The van der Waals surface area contributed by atoms with Gasteiger partial charge in [0.2, 0.25) is 5.91 Å². The first kappa shape index (κ1) is 16.1. The minimum Gasteiger partial charge on any atom is -0.482 e. The van der Waals surface area contributed by atoms with E-state index >= 15 is 0 Å². The van der Waals surface area contributed by atoms with Crippen LogP contribution >= 0.6 is 0 Å². The minimum absolute atomic E-state index is 0.0768. The summed E-state index contributed by atoms with van der Waals surface area (Å²) in [6.45, 7) is -0.384. The molecule has 1 N–H and O–H groups in total. The lowest BCUT2D eigenvalue weighted by atomic mass is 9.94. The molecule has 124 valence electrons. The summed E-state index contributed by atoms with van der Waals surface area (Å²) in [5.74, 6) is -0.482. The summed E-state index contributed by atoms with van der Waals surface area (Å²) >= 11 is 0. The van der Waals surface area contributed by atoms with Crippen LogP contribution in [0.5, 0.6) is 5.75 Å². The molecule has 5 nitrogen and oxygen atoms in total. The zero-order chi connectivity index (χ0) is 17.2. The van der Waals surface area contributed by atoms with Crippen molar-refractivity contribution in [3.63, 3.8) is 0 Å². The number of aliphatic carboxylic acids is 1. The maximum Gasteiger partial charge on any atom is 0.341 e. The van der Waals surface area contributed by atoms with E-state index in [1.54, 1.807) is 36.2 Å². The number of benzene rings is 2. The second kappa shape index (κ2) is 6.35. The van der Waals surface area contributed by atoms with E-state index in [9.17, 15) is 9.59 Å². The molecule has 3 rings (SSSR count). The Balaban J connectivity index is 1.73. The largest absolute Gasteiger partial charge is 0.482 e. The van der Waals surface area contributed by atoms with Crippen LogP contribution in [-0.2, 0) is 15.0 Å². The van der Waals surface area contributed by atoms with E-state index < -0.39 is 11.4 Å². The van der Waals surface area contributed by atoms with Crippen LogP contribution in [0.15, 0.2) is 54.6 Å². The number of amides is 1. The number of likely N-dealkylation sites (N-methyl/N-ethyl adjacent to an activating group) is 1. The third-order valence-corrected chi connectivity index (χ3v) is 4.38. The lowest BCUT2D eigenvalue weighted by molar-refractivity contribution is -0.139. The molecule has 0 unspecified atom stereocenters. The number of carbonyl (C=O) groups is 2. The van der Waals surface area contributed by atoms with E-state index in [-0.39, 0.29) is 12.5 Å². The molecule has 0 spiro atoms. The van der Waals surface area contributed by atoms with Gasteiger partial charge in [-0.05, 0) is 42.7 Å². The average Bonchev–Trinajstić information content (AvgIpc) is 3.42. The zero-order valence-corrected chi connectivity index (χ0v) is 13.4. The van der Waals surface area contributed by atoms with Crippen LogP contribution in [0.3, 0.4) is 0 Å². The van der Waals surface area contributed by atoms with Crippen molar-refractivity contribution >= 4 is 17.6 Å². The summed E-state index contributed by atoms with van der Waals surface area (Å²) in [7, 11) is 1.76. The molecule has 1 aliphatic rings. The molecule has 5 heteroatoms. The summed E-state index contributed by atoms with van der Waals surface area (Å²) in [6.07, 6.45) is 1.72. The van der Waals surface area contributed by atoms with Crippen molar-refractivity contribution in [3.05, 3.63) is 60.2 Å². The summed E-state index contributed by atoms with van der Waals surface area (Å²) in [4.78, 5) is 25.1. The lowest BCUT2D eigenvalue weighted by Gasteiger charge is -2.24. The molecule has 1 amide bonds. The third kappa shape index (κ3) is 3.11. The van der Waals surface area contributed by atoms with Crippen molar-refractivity contribution in [1.29, 1.82) is 0 Å². The van der Waals surface area contributed by atoms with Gasteiger partial charge in [-0.3, -0.25) is 4.79 Å². The number of carboxylic acid groups (broad SMARTS) is 1. The van der Waals surface area contributed by atoms with Crippen molar-refractivity contribution in [1.82, 2.24) is 0 Å². The van der Waals surface area contributed by atoms with Crippen LogP contribution in [0.1, 0.15) is 18.4 Å². The SMILES string of the molecule is CN(C(=O)C1(c2ccccc2)CC1)c1ccc(OCC(=O)O)cc1. The molecule has 1 saturated carbocycles. The van der Waals surface area contributed by atoms with Gasteiger partial charge in [0.25, 0.3) is 0 Å². The lowest BCUT2D eigenvalue weighted by Crippen LogP contribution is -2.36. The summed E-state index contributed by atoms with van der Waals surface area (Å²) in [5, 5.41) is 8.62. The Morgan fingerprint density at radius 3 is 2.25 bits per heavy atom. The van der Waals surface area contributed by atoms with Gasteiger partial charge in [0.1, 0.15) is 5.75 Å². The van der Waals surface area contributed by atoms with Crippen molar-refractivity contribution in [3.8, 4) is 5.75 Å². The summed E-state index contributed by atoms with van der Waals surface area (Å²) < 4.78 is 5.11. The molecule has 0 bridgehead atoms. The first-order valence-corrected chi connectivity index (χ1v) is 7.81. The fourth-order valence-corrected chi connectivity index (χ4v) is 2.86. The van der Waals surface area contributed by atoms with Crippen molar-refractivity contribution in [2.24, 2.45) is 0 Å². The van der Waals surface area contributed by atoms with Gasteiger partial charge in [0.15, 0.2) is 6.61 Å². The van der Waals surface area contributed by atoms with Crippen molar-refractivity contribution < 1.29 is 19.4 Å². The molecule has 0 heterocycles. The Labute approximate surface area is 140 Å². The summed E-state index contributed by atoms with van der Waals surface area (Å²) in [5.41, 5.74) is 1.40. The van der Waals surface area contributed by atoms with Crippen LogP contribution in [0.4, 0.5) is 5.69 Å². The third-order valence-electron chi connectivity index (χ3n) is 4.38. The Kier molecular flexibility index (Phi) is 4.25. The molecular formula is C19H19NO4. The van der Waals surface area contributed by atoms with Gasteiger partial charge in [-0.15, -0.1) is 0 Å². The predicted molar refractivity (Wildman–Crippen MR) is 90.3 cm³/mol. The van der Waals surface area contributed by atoms with Gasteiger partial charge >= 0.3 is 5.97 Å². The van der Waals surface area contributed by atoms with Crippen LogP contribution in [0.25, 0.3) is 0 Å². The zero-order valence-electron chi connectivity index (χ0n) is 13.4. The van der Waals surface area contributed by atoms with Crippen LogP contribution in [-0.4, -0.2) is 30.6 Å². The van der Waals surface area contributed by atoms with Gasteiger partial charge in [0, 0.05) is 12.7 Å². The maximum atomic E-state index is 12.9. The van der Waals surface area contributed by atoms with E-state index in [4.69, 9.17) is 9.84 Å². The quantitative estimate of drug-likeness (QED) is 0.887. The predicted octanol–water partition coefficient (Wildman–Crippen LogP) is 2.84. The number of anilines is 1. The van der Waals surface area contributed by atoms with E-state index in [1.165, 1.54) is 0 Å². The number of carboxylic acids is 1. The van der Waals surface area contributed by atoms with E-state index in [1.807, 2.05) is 30.3 Å². The van der Waals surface area contributed by atoms with Crippen LogP contribution in [0, 0.1) is 0 Å². The van der Waals surface area contributed by atoms with Gasteiger partial charge in [-0.2, -0.15) is 0 Å². The number of rotatable bonds is 6. The topological polar surface area (TPSA) is 66.8 Å². The van der Waals surface area contributed by atoms with Crippen molar-refractivity contribution in [2.75, 3.05) is 18.6 Å². The first-order valence-electron chi connectivity index (χ1n) is 7.81. The molecule has 0 aliphatic heterocycles. The second-order valence-corrected chi connectivity index (χ2v) is 5.99. The first-order chi connectivity index (χ1) is 11.5. The number of hydrogen-bond donors (Lipinski definition) is 1. The molecule has 1 fully saturated rings. The van der Waals surface area contributed by atoms with Gasteiger partial charge < -0.3 is 14.7 Å². The molecule has 0 saturated heterocycles. The van der Waals surface area contributed by atoms with Crippen LogP contribution in [0.2, 0.25) is 0 Å². The van der Waals surface area contributed by atoms with Crippen molar-refractivity contribution in [2.45, 2.75) is 18.3 Å². The standard InChI is InChI=1S/C19H19NO4/c1-20(15-7-9-16(10-8-15)24-13-17(21)22)18(23)19(11-12-19)14-5-3-2-4-6-14/h2-10H,11-13H2,1H3,(H,21,22). The highest BCUT2D eigenvalue weighted by atomic mass is 16.5. The van der Waals surface area contributed by atoms with Gasteiger partial charge in [0.05, 0.1) is 5.41 Å². The second-order valence-electron chi connectivity index (χ2n) is 5.99. The highest BCUT2D eigenvalue weighted by Crippen LogP contribution is 2.49. The molecule has 0 aromatic heterocycles. The smallest absolute Gasteiger partial charge is 0.341 e. The van der Waals surface area contributed by atoms with E-state index in [2.05, 4.69) is 0 Å². The van der Waals surface area contributed by atoms with Crippen LogP contribution < -0.4 is 9.64 Å². The van der Waals surface area contributed by atoms with Gasteiger partial charge in [-0.25, -0.2) is 4.79 Å². The highest BCUT2D eigenvalue weighted by Gasteiger charge is 2.52. The molecule has 1 aliphatic carbocycles. The molecule has 2 aromatic rings. The van der Waals surface area contributed by atoms with Gasteiger partial charge in [-0.1, -0.05) is 30.3 Å². The molecule has 2 aromatic carbocycles. The number of carbonyl (C=O) groups excluding carboxylic acids is 1. The molecule has 24 heavy (non-hydrogen) atoms. The fraction of sp³-hybridized carbons (Fsp3) is 0.263. The number of hydrogen-bond acceptors (Lipinski definition) is 3. The molecular weight excluding hydrogens is 306 g/mol. The molecule has 0 atom stereocenters. The summed E-state index contributed by atoms with van der Waals surface area (Å²) in [6, 6.07) is 16.7. The van der Waals surface area contributed by atoms with E-state index in [0.717, 1.165) is 24.1 Å². The van der Waals surface area contributed by atoms with E-state index in [0.29, 0.717) is 5.75 Å². The Bertz CT molecular complexity index is 736. The number of nitrogens with zero attached hydrogens (tertiary/aromatic N) is 1. The monoisotopic (exact) mass is 325 g/mol. The normalized spacial score (nSPS) is 14.7. The molecule has 0 radical (unpaired) electrons. The maximum absolute atomic E-state index is 12.9.